The SMILES string of the molecule is C[C@H](N)C(=O)NN1CCN(C)CC1. The number of hydrazine groups is 1. The summed E-state index contributed by atoms with van der Waals surface area (Å²) in [5.41, 5.74) is 8.21. The normalized spacial score (nSPS) is 22.7. The predicted octanol–water partition coefficient (Wildman–Crippen LogP) is -1.39. The van der Waals surface area contributed by atoms with Crippen molar-refractivity contribution in [2.45, 2.75) is 13.0 Å². The Morgan fingerprint density at radius 2 is 1.92 bits per heavy atom. The number of nitrogens with one attached hydrogen (secondary N) is 1. The molecule has 3 N–H and O–H groups in total. The number of carbonyl (C=O) groups excluding carboxylic acids is 1. The van der Waals surface area contributed by atoms with E-state index in [4.69, 9.17) is 5.73 Å². The van der Waals surface area contributed by atoms with Gasteiger partial charge in [0.2, 0.25) is 0 Å². The first-order chi connectivity index (χ1) is 6.09. The maximum atomic E-state index is 11.2. The van der Waals surface area contributed by atoms with Crippen LogP contribution in [0.4, 0.5) is 0 Å². The van der Waals surface area contributed by atoms with Crippen LogP contribution < -0.4 is 11.2 Å². The Balaban J connectivity index is 2.26. The minimum Gasteiger partial charge on any atom is -0.320 e. The summed E-state index contributed by atoms with van der Waals surface area (Å²) in [6.07, 6.45) is 0. The quantitative estimate of drug-likeness (QED) is 0.557. The van der Waals surface area contributed by atoms with Gasteiger partial charge in [-0.25, -0.2) is 5.01 Å². The van der Waals surface area contributed by atoms with Gasteiger partial charge in [-0.1, -0.05) is 0 Å². The number of nitrogens with two attached hydrogens (primary N) is 1. The van der Waals surface area contributed by atoms with E-state index in [0.29, 0.717) is 0 Å². The fourth-order valence-electron chi connectivity index (χ4n) is 1.18. The molecule has 1 rings (SSSR count). The molecule has 0 radical (unpaired) electrons. The molecule has 1 heterocycles. The summed E-state index contributed by atoms with van der Waals surface area (Å²) >= 11 is 0. The van der Waals surface area contributed by atoms with Crippen molar-refractivity contribution in [3.8, 4) is 0 Å². The third-order valence-electron chi connectivity index (χ3n) is 2.19. The molecule has 0 spiro atoms. The number of nitrogens with zero attached hydrogens (tertiary/aromatic N) is 2. The Morgan fingerprint density at radius 1 is 1.38 bits per heavy atom. The summed E-state index contributed by atoms with van der Waals surface area (Å²) in [6.45, 7) is 5.40. The Labute approximate surface area is 78.8 Å². The number of likely N-dealkylation sites (N-methyl/N-ethyl adjacent to an activating group) is 1. The lowest BCUT2D eigenvalue weighted by Gasteiger charge is -2.32. The molecular formula is C8H18N4O. The zero-order chi connectivity index (χ0) is 9.84. The fourth-order valence-corrected chi connectivity index (χ4v) is 1.18. The van der Waals surface area contributed by atoms with E-state index >= 15 is 0 Å². The number of rotatable bonds is 2. The average Bonchev–Trinajstić information content (AvgIpc) is 2.08. The van der Waals surface area contributed by atoms with Gasteiger partial charge in [0, 0.05) is 26.2 Å². The monoisotopic (exact) mass is 186 g/mol. The van der Waals surface area contributed by atoms with Crippen LogP contribution in [-0.2, 0) is 4.79 Å². The molecule has 0 unspecified atom stereocenters. The Kier molecular flexibility index (Phi) is 3.65. The lowest BCUT2D eigenvalue weighted by Crippen LogP contribution is -2.55. The number of piperazine rings is 1. The van der Waals surface area contributed by atoms with Crippen LogP contribution in [0, 0.1) is 0 Å². The lowest BCUT2D eigenvalue weighted by atomic mass is 10.3. The topological polar surface area (TPSA) is 61.6 Å². The largest absolute Gasteiger partial charge is 0.320 e. The summed E-state index contributed by atoms with van der Waals surface area (Å²) in [6, 6.07) is -0.431. The maximum Gasteiger partial charge on any atom is 0.250 e. The first-order valence-corrected chi connectivity index (χ1v) is 4.59. The van der Waals surface area contributed by atoms with Crippen LogP contribution in [-0.4, -0.2) is 55.1 Å². The molecule has 0 aromatic carbocycles. The molecule has 0 saturated carbocycles. The molecule has 76 valence electrons. The lowest BCUT2D eigenvalue weighted by molar-refractivity contribution is -0.127. The molecule has 0 aromatic heterocycles. The van der Waals surface area contributed by atoms with Gasteiger partial charge in [0.15, 0.2) is 0 Å². The Bertz CT molecular complexity index is 175. The van der Waals surface area contributed by atoms with Gasteiger partial charge in [-0.15, -0.1) is 0 Å². The summed E-state index contributed by atoms with van der Waals surface area (Å²) in [5, 5.41) is 1.92. The zero-order valence-corrected chi connectivity index (χ0v) is 8.29. The van der Waals surface area contributed by atoms with Gasteiger partial charge < -0.3 is 10.6 Å². The molecule has 5 nitrogen and oxygen atoms in total. The summed E-state index contributed by atoms with van der Waals surface area (Å²) < 4.78 is 0. The molecule has 13 heavy (non-hydrogen) atoms. The van der Waals surface area contributed by atoms with Crippen molar-refractivity contribution in [1.82, 2.24) is 15.3 Å². The number of hydrogen-bond acceptors (Lipinski definition) is 4. The molecule has 1 amide bonds. The third kappa shape index (κ3) is 3.30. The zero-order valence-electron chi connectivity index (χ0n) is 8.29. The van der Waals surface area contributed by atoms with Gasteiger partial charge in [0.1, 0.15) is 0 Å². The molecule has 1 aliphatic rings. The highest BCUT2D eigenvalue weighted by Gasteiger charge is 2.16. The second-order valence-electron chi connectivity index (χ2n) is 3.56. The van der Waals surface area contributed by atoms with E-state index in [9.17, 15) is 4.79 Å². The molecule has 1 saturated heterocycles. The van der Waals surface area contributed by atoms with Crippen molar-refractivity contribution in [3.63, 3.8) is 0 Å². The predicted molar refractivity (Wildman–Crippen MR) is 50.9 cm³/mol. The minimum atomic E-state index is -0.431. The highest BCUT2D eigenvalue weighted by Crippen LogP contribution is 1.95. The molecular weight excluding hydrogens is 168 g/mol. The molecule has 1 fully saturated rings. The maximum absolute atomic E-state index is 11.2. The second kappa shape index (κ2) is 4.55. The third-order valence-corrected chi connectivity index (χ3v) is 2.19. The summed E-state index contributed by atoms with van der Waals surface area (Å²) in [4.78, 5) is 13.4. The van der Waals surface area contributed by atoms with E-state index in [2.05, 4.69) is 17.4 Å². The van der Waals surface area contributed by atoms with Crippen molar-refractivity contribution in [3.05, 3.63) is 0 Å². The molecule has 1 atom stereocenters. The van der Waals surface area contributed by atoms with Crippen LogP contribution in [0.2, 0.25) is 0 Å². The van der Waals surface area contributed by atoms with Crippen LogP contribution in [0.15, 0.2) is 0 Å². The van der Waals surface area contributed by atoms with E-state index in [1.165, 1.54) is 0 Å². The fraction of sp³-hybridized carbons (Fsp3) is 0.875. The van der Waals surface area contributed by atoms with Crippen molar-refractivity contribution in [2.24, 2.45) is 5.73 Å². The average molecular weight is 186 g/mol. The molecule has 0 aliphatic carbocycles. The van der Waals surface area contributed by atoms with Crippen molar-refractivity contribution >= 4 is 5.91 Å². The number of hydrogen-bond donors (Lipinski definition) is 2. The standard InChI is InChI=1S/C8H18N4O/c1-7(9)8(13)10-12-5-3-11(2)4-6-12/h7H,3-6,9H2,1-2H3,(H,10,13)/t7-/m0/s1. The van der Waals surface area contributed by atoms with Crippen LogP contribution in [0.1, 0.15) is 6.92 Å². The first-order valence-electron chi connectivity index (χ1n) is 4.59. The van der Waals surface area contributed by atoms with E-state index in [1.54, 1.807) is 6.92 Å². The van der Waals surface area contributed by atoms with E-state index < -0.39 is 6.04 Å². The summed E-state index contributed by atoms with van der Waals surface area (Å²) in [5.74, 6) is -0.107. The van der Waals surface area contributed by atoms with E-state index in [0.717, 1.165) is 26.2 Å². The first kappa shape index (κ1) is 10.4. The van der Waals surface area contributed by atoms with Gasteiger partial charge in [-0.3, -0.25) is 10.2 Å². The molecule has 0 aromatic rings. The minimum absolute atomic E-state index is 0.107. The second-order valence-corrected chi connectivity index (χ2v) is 3.56. The number of amides is 1. The molecule has 0 bridgehead atoms. The van der Waals surface area contributed by atoms with Gasteiger partial charge in [-0.05, 0) is 14.0 Å². The highest BCUT2D eigenvalue weighted by atomic mass is 16.2. The van der Waals surface area contributed by atoms with Crippen LogP contribution in [0.5, 0.6) is 0 Å². The van der Waals surface area contributed by atoms with E-state index in [-0.39, 0.29) is 5.91 Å². The van der Waals surface area contributed by atoms with E-state index in [1.807, 2.05) is 5.01 Å². The van der Waals surface area contributed by atoms with Gasteiger partial charge in [0.25, 0.3) is 5.91 Å². The highest BCUT2D eigenvalue weighted by molar-refractivity contribution is 5.80. The van der Waals surface area contributed by atoms with Crippen LogP contribution in [0.3, 0.4) is 0 Å². The van der Waals surface area contributed by atoms with Crippen LogP contribution in [0.25, 0.3) is 0 Å². The van der Waals surface area contributed by atoms with Crippen molar-refractivity contribution < 1.29 is 4.79 Å². The van der Waals surface area contributed by atoms with Gasteiger partial charge in [0.05, 0.1) is 6.04 Å². The molecule has 5 heteroatoms. The smallest absolute Gasteiger partial charge is 0.250 e. The molecule has 1 aliphatic heterocycles. The number of carbonyl (C=O) groups is 1. The van der Waals surface area contributed by atoms with Crippen LogP contribution >= 0.6 is 0 Å². The van der Waals surface area contributed by atoms with Gasteiger partial charge >= 0.3 is 0 Å². The van der Waals surface area contributed by atoms with Crippen molar-refractivity contribution in [1.29, 1.82) is 0 Å². The Morgan fingerprint density at radius 3 is 2.38 bits per heavy atom. The van der Waals surface area contributed by atoms with Crippen molar-refractivity contribution in [2.75, 3.05) is 33.2 Å². The summed E-state index contributed by atoms with van der Waals surface area (Å²) in [7, 11) is 2.07. The Hall–Kier alpha value is -0.650. The van der Waals surface area contributed by atoms with Gasteiger partial charge in [-0.2, -0.15) is 0 Å².